The summed E-state index contributed by atoms with van der Waals surface area (Å²) in [6, 6.07) is 0.0426. The Morgan fingerprint density at radius 1 is 1.38 bits per heavy atom. The highest BCUT2D eigenvalue weighted by molar-refractivity contribution is 5.68. The second-order valence-corrected chi connectivity index (χ2v) is 5.70. The van der Waals surface area contributed by atoms with Crippen molar-refractivity contribution in [1.29, 1.82) is 0 Å². The first-order valence-electron chi connectivity index (χ1n) is 5.95. The van der Waals surface area contributed by atoms with Gasteiger partial charge in [-0.05, 0) is 46.0 Å². The van der Waals surface area contributed by atoms with Crippen LogP contribution in [0.3, 0.4) is 0 Å². The van der Waals surface area contributed by atoms with Crippen molar-refractivity contribution in [1.82, 2.24) is 5.32 Å². The van der Waals surface area contributed by atoms with E-state index in [1.807, 2.05) is 27.7 Å². The molecule has 0 aromatic carbocycles. The van der Waals surface area contributed by atoms with Gasteiger partial charge in [0.15, 0.2) is 0 Å². The van der Waals surface area contributed by atoms with Crippen LogP contribution in [0.5, 0.6) is 0 Å². The fourth-order valence-electron chi connectivity index (χ4n) is 1.90. The first-order valence-corrected chi connectivity index (χ1v) is 5.95. The average molecular weight is 229 g/mol. The molecule has 2 N–H and O–H groups in total. The number of hydrogen-bond acceptors (Lipinski definition) is 3. The molecule has 0 unspecified atom stereocenters. The topological polar surface area (TPSA) is 58.6 Å². The summed E-state index contributed by atoms with van der Waals surface area (Å²) in [5.74, 6) is 0.330. The highest BCUT2D eigenvalue weighted by Gasteiger charge is 2.28. The van der Waals surface area contributed by atoms with E-state index in [0.717, 1.165) is 12.8 Å². The van der Waals surface area contributed by atoms with E-state index in [1.54, 1.807) is 0 Å². The number of carbonyl (C=O) groups is 1. The number of nitrogens with one attached hydrogen (secondary N) is 1. The molecule has 0 saturated heterocycles. The van der Waals surface area contributed by atoms with Crippen LogP contribution in [0.15, 0.2) is 0 Å². The number of aliphatic hydroxyl groups excluding tert-OH is 1. The van der Waals surface area contributed by atoms with Crippen LogP contribution < -0.4 is 5.32 Å². The van der Waals surface area contributed by atoms with E-state index in [1.165, 1.54) is 0 Å². The van der Waals surface area contributed by atoms with Crippen molar-refractivity contribution in [3.8, 4) is 0 Å². The Bertz CT molecular complexity index is 247. The standard InChI is InChI=1S/C12H23NO3/c1-8-5-6-9(7-10(8)14)13-11(15)16-12(2,3)4/h8-10,14H,5-7H2,1-4H3,(H,13,15)/t8-,9+,10-/m0/s1. The van der Waals surface area contributed by atoms with E-state index in [-0.39, 0.29) is 18.2 Å². The van der Waals surface area contributed by atoms with E-state index in [2.05, 4.69) is 5.32 Å². The lowest BCUT2D eigenvalue weighted by atomic mass is 9.85. The summed E-state index contributed by atoms with van der Waals surface area (Å²) in [5.41, 5.74) is -0.468. The van der Waals surface area contributed by atoms with Crippen LogP contribution in [0.25, 0.3) is 0 Å². The Hall–Kier alpha value is -0.770. The molecule has 1 fully saturated rings. The van der Waals surface area contributed by atoms with Gasteiger partial charge in [0, 0.05) is 6.04 Å². The highest BCUT2D eigenvalue weighted by atomic mass is 16.6. The maximum Gasteiger partial charge on any atom is 0.407 e. The molecule has 1 aliphatic rings. The van der Waals surface area contributed by atoms with Gasteiger partial charge in [-0.2, -0.15) is 0 Å². The molecule has 1 aliphatic carbocycles. The van der Waals surface area contributed by atoms with Gasteiger partial charge >= 0.3 is 6.09 Å². The third kappa shape index (κ3) is 4.39. The van der Waals surface area contributed by atoms with Crippen molar-refractivity contribution in [2.75, 3.05) is 0 Å². The third-order valence-electron chi connectivity index (χ3n) is 2.87. The van der Waals surface area contributed by atoms with Crippen molar-refractivity contribution >= 4 is 6.09 Å². The van der Waals surface area contributed by atoms with Gasteiger partial charge in [0.05, 0.1) is 6.10 Å². The minimum absolute atomic E-state index is 0.0426. The van der Waals surface area contributed by atoms with E-state index >= 15 is 0 Å². The van der Waals surface area contributed by atoms with Gasteiger partial charge in [-0.1, -0.05) is 6.92 Å². The zero-order valence-corrected chi connectivity index (χ0v) is 10.6. The number of aliphatic hydroxyl groups is 1. The second-order valence-electron chi connectivity index (χ2n) is 5.70. The smallest absolute Gasteiger partial charge is 0.407 e. The molecular formula is C12H23NO3. The van der Waals surface area contributed by atoms with Crippen LogP contribution in [0, 0.1) is 5.92 Å². The molecule has 0 bridgehead atoms. The van der Waals surface area contributed by atoms with Crippen LogP contribution in [0.4, 0.5) is 4.79 Å². The number of ether oxygens (including phenoxy) is 1. The summed E-state index contributed by atoms with van der Waals surface area (Å²) in [4.78, 5) is 11.5. The van der Waals surface area contributed by atoms with Crippen molar-refractivity contribution in [2.45, 2.75) is 64.7 Å². The molecule has 1 amide bonds. The molecule has 0 spiro atoms. The number of hydrogen-bond donors (Lipinski definition) is 2. The molecule has 16 heavy (non-hydrogen) atoms. The van der Waals surface area contributed by atoms with Gasteiger partial charge in [-0.25, -0.2) is 4.79 Å². The molecule has 0 aliphatic heterocycles. The van der Waals surface area contributed by atoms with Crippen molar-refractivity contribution in [3.05, 3.63) is 0 Å². The van der Waals surface area contributed by atoms with E-state index in [4.69, 9.17) is 4.74 Å². The van der Waals surface area contributed by atoms with Gasteiger partial charge in [-0.3, -0.25) is 0 Å². The molecule has 0 radical (unpaired) electrons. The first kappa shape index (κ1) is 13.3. The lowest BCUT2D eigenvalue weighted by Gasteiger charge is -2.32. The summed E-state index contributed by atoms with van der Waals surface area (Å²) >= 11 is 0. The fourth-order valence-corrected chi connectivity index (χ4v) is 1.90. The summed E-state index contributed by atoms with van der Waals surface area (Å²) < 4.78 is 5.17. The SMILES string of the molecule is C[C@H]1CC[C@@H](NC(=O)OC(C)(C)C)C[C@@H]1O. The summed E-state index contributed by atoms with van der Waals surface area (Å²) in [5, 5.41) is 12.5. The van der Waals surface area contributed by atoms with Crippen LogP contribution in [0.1, 0.15) is 47.0 Å². The maximum atomic E-state index is 11.5. The van der Waals surface area contributed by atoms with Gasteiger partial charge in [-0.15, -0.1) is 0 Å². The zero-order chi connectivity index (χ0) is 12.3. The second kappa shape index (κ2) is 5.04. The van der Waals surface area contributed by atoms with Crippen LogP contribution >= 0.6 is 0 Å². The number of alkyl carbamates (subject to hydrolysis) is 1. The van der Waals surface area contributed by atoms with E-state index in [0.29, 0.717) is 12.3 Å². The van der Waals surface area contributed by atoms with Crippen molar-refractivity contribution in [2.24, 2.45) is 5.92 Å². The van der Waals surface area contributed by atoms with Crippen LogP contribution in [0.2, 0.25) is 0 Å². The molecule has 1 saturated carbocycles. The molecule has 0 aromatic rings. The quantitative estimate of drug-likeness (QED) is 0.723. The first-order chi connectivity index (χ1) is 7.28. The Labute approximate surface area is 97.4 Å². The average Bonchev–Trinajstić information content (AvgIpc) is 2.08. The summed E-state index contributed by atoms with van der Waals surface area (Å²) in [7, 11) is 0. The molecule has 3 atom stereocenters. The Kier molecular flexibility index (Phi) is 4.19. The van der Waals surface area contributed by atoms with Crippen molar-refractivity contribution < 1.29 is 14.6 Å². The van der Waals surface area contributed by atoms with Gasteiger partial charge in [0.25, 0.3) is 0 Å². The zero-order valence-electron chi connectivity index (χ0n) is 10.6. The normalized spacial score (nSPS) is 30.9. The maximum absolute atomic E-state index is 11.5. The van der Waals surface area contributed by atoms with Crippen molar-refractivity contribution in [3.63, 3.8) is 0 Å². The number of rotatable bonds is 1. The lowest BCUT2D eigenvalue weighted by molar-refractivity contribution is 0.0370. The Balaban J connectivity index is 2.35. The molecule has 0 aromatic heterocycles. The molecule has 4 heteroatoms. The molecule has 1 rings (SSSR count). The monoisotopic (exact) mass is 229 g/mol. The molecule has 4 nitrogen and oxygen atoms in total. The van der Waals surface area contributed by atoms with Gasteiger partial charge in [0.2, 0.25) is 0 Å². The number of amides is 1. The molecule has 94 valence electrons. The predicted molar refractivity (Wildman–Crippen MR) is 62.2 cm³/mol. The number of carbonyl (C=O) groups excluding carboxylic acids is 1. The Morgan fingerprint density at radius 2 is 2.00 bits per heavy atom. The largest absolute Gasteiger partial charge is 0.444 e. The lowest BCUT2D eigenvalue weighted by Crippen LogP contribution is -2.44. The Morgan fingerprint density at radius 3 is 2.50 bits per heavy atom. The fraction of sp³-hybridized carbons (Fsp3) is 0.917. The predicted octanol–water partition coefficient (Wildman–Crippen LogP) is 2.06. The minimum atomic E-state index is -0.468. The molecule has 0 heterocycles. The highest BCUT2D eigenvalue weighted by Crippen LogP contribution is 2.24. The van der Waals surface area contributed by atoms with Gasteiger partial charge in [0.1, 0.15) is 5.60 Å². The minimum Gasteiger partial charge on any atom is -0.444 e. The molecular weight excluding hydrogens is 206 g/mol. The van der Waals surface area contributed by atoms with Crippen LogP contribution in [-0.4, -0.2) is 28.9 Å². The van der Waals surface area contributed by atoms with Crippen LogP contribution in [-0.2, 0) is 4.74 Å². The summed E-state index contributed by atoms with van der Waals surface area (Å²) in [6.45, 7) is 7.55. The third-order valence-corrected chi connectivity index (χ3v) is 2.87. The van der Waals surface area contributed by atoms with Gasteiger partial charge < -0.3 is 15.2 Å². The summed E-state index contributed by atoms with van der Waals surface area (Å²) in [6.07, 6.45) is 1.78. The van der Waals surface area contributed by atoms with E-state index in [9.17, 15) is 9.90 Å². The van der Waals surface area contributed by atoms with E-state index < -0.39 is 5.60 Å².